The van der Waals surface area contributed by atoms with E-state index < -0.39 is 5.97 Å². The molecule has 0 radical (unpaired) electrons. The van der Waals surface area contributed by atoms with Crippen molar-refractivity contribution in [2.75, 3.05) is 24.6 Å². The van der Waals surface area contributed by atoms with Gasteiger partial charge in [0.25, 0.3) is 0 Å². The summed E-state index contributed by atoms with van der Waals surface area (Å²) < 4.78 is 0. The number of nitrogens with zero attached hydrogens (tertiary/aromatic N) is 1. The molecule has 1 aromatic rings. The molecule has 0 saturated carbocycles. The molecular formula is C14H18N2O3S. The van der Waals surface area contributed by atoms with E-state index in [4.69, 9.17) is 5.11 Å². The van der Waals surface area contributed by atoms with Crippen LogP contribution in [0.15, 0.2) is 30.3 Å². The van der Waals surface area contributed by atoms with Crippen molar-refractivity contribution in [3.05, 3.63) is 35.9 Å². The van der Waals surface area contributed by atoms with Crippen molar-refractivity contribution in [2.45, 2.75) is 12.5 Å². The lowest BCUT2D eigenvalue weighted by Crippen LogP contribution is -2.46. The summed E-state index contributed by atoms with van der Waals surface area (Å²) in [5.74, 6) is 0.880. The molecule has 1 aromatic carbocycles. The van der Waals surface area contributed by atoms with Crippen LogP contribution in [0.3, 0.4) is 0 Å². The van der Waals surface area contributed by atoms with Gasteiger partial charge in [0.1, 0.15) is 0 Å². The number of thioether (sulfide) groups is 1. The van der Waals surface area contributed by atoms with Gasteiger partial charge in [-0.15, -0.1) is 0 Å². The lowest BCUT2D eigenvalue weighted by Gasteiger charge is -2.35. The van der Waals surface area contributed by atoms with Crippen LogP contribution in [0.2, 0.25) is 0 Å². The van der Waals surface area contributed by atoms with Gasteiger partial charge in [-0.25, -0.2) is 4.79 Å². The molecule has 1 unspecified atom stereocenters. The van der Waals surface area contributed by atoms with Crippen LogP contribution in [0.5, 0.6) is 0 Å². The summed E-state index contributed by atoms with van der Waals surface area (Å²) in [6.45, 7) is 0.850. The monoisotopic (exact) mass is 294 g/mol. The van der Waals surface area contributed by atoms with Gasteiger partial charge in [-0.05, 0) is 5.56 Å². The Morgan fingerprint density at radius 3 is 2.80 bits per heavy atom. The third-order valence-electron chi connectivity index (χ3n) is 3.19. The Labute approximate surface area is 122 Å². The van der Waals surface area contributed by atoms with E-state index in [1.165, 1.54) is 0 Å². The molecule has 1 aliphatic rings. The van der Waals surface area contributed by atoms with Gasteiger partial charge >= 0.3 is 12.0 Å². The maximum absolute atomic E-state index is 12.2. The van der Waals surface area contributed by atoms with Gasteiger partial charge in [0.05, 0.1) is 12.5 Å². The molecule has 2 amide bonds. The van der Waals surface area contributed by atoms with Crippen molar-refractivity contribution < 1.29 is 14.7 Å². The highest BCUT2D eigenvalue weighted by molar-refractivity contribution is 7.99. The first-order valence-corrected chi connectivity index (χ1v) is 7.73. The van der Waals surface area contributed by atoms with E-state index in [1.807, 2.05) is 42.1 Å². The van der Waals surface area contributed by atoms with Crippen LogP contribution in [0.25, 0.3) is 0 Å². The zero-order valence-electron chi connectivity index (χ0n) is 11.1. The van der Waals surface area contributed by atoms with Crippen LogP contribution in [0.1, 0.15) is 18.0 Å². The number of hydrogen-bond donors (Lipinski definition) is 2. The molecule has 1 saturated heterocycles. The molecular weight excluding hydrogens is 276 g/mol. The first-order chi connectivity index (χ1) is 9.68. The maximum Gasteiger partial charge on any atom is 0.317 e. The van der Waals surface area contributed by atoms with Gasteiger partial charge in [-0.2, -0.15) is 11.8 Å². The molecule has 2 N–H and O–H groups in total. The molecule has 0 bridgehead atoms. The molecule has 1 fully saturated rings. The van der Waals surface area contributed by atoms with Gasteiger partial charge in [0.2, 0.25) is 0 Å². The largest absolute Gasteiger partial charge is 0.481 e. The SMILES string of the molecule is O=C(O)CCNC(=O)N1CCSCC1c1ccccc1. The summed E-state index contributed by atoms with van der Waals surface area (Å²) in [5, 5.41) is 11.3. The Bertz CT molecular complexity index is 467. The highest BCUT2D eigenvalue weighted by atomic mass is 32.2. The van der Waals surface area contributed by atoms with Gasteiger partial charge in [-0.1, -0.05) is 30.3 Å². The predicted octanol–water partition coefficient (Wildman–Crippen LogP) is 1.96. The van der Waals surface area contributed by atoms with Gasteiger partial charge < -0.3 is 15.3 Å². The van der Waals surface area contributed by atoms with Crippen LogP contribution in [0.4, 0.5) is 4.79 Å². The molecule has 1 aliphatic heterocycles. The average molecular weight is 294 g/mol. The van der Waals surface area contributed by atoms with Crippen molar-refractivity contribution in [3.8, 4) is 0 Å². The van der Waals surface area contributed by atoms with E-state index in [9.17, 15) is 9.59 Å². The number of nitrogens with one attached hydrogen (secondary N) is 1. The minimum Gasteiger partial charge on any atom is -0.481 e. The number of hydrogen-bond acceptors (Lipinski definition) is 3. The van der Waals surface area contributed by atoms with E-state index in [0.29, 0.717) is 6.54 Å². The zero-order chi connectivity index (χ0) is 14.4. The molecule has 108 valence electrons. The smallest absolute Gasteiger partial charge is 0.317 e. The number of carboxylic acids is 1. The number of aliphatic carboxylic acids is 1. The van der Waals surface area contributed by atoms with Crippen LogP contribution < -0.4 is 5.32 Å². The summed E-state index contributed by atoms with van der Waals surface area (Å²) in [7, 11) is 0. The van der Waals surface area contributed by atoms with Crippen LogP contribution in [0, 0.1) is 0 Å². The number of benzene rings is 1. The van der Waals surface area contributed by atoms with Crippen molar-refractivity contribution in [3.63, 3.8) is 0 Å². The van der Waals surface area contributed by atoms with Crippen LogP contribution in [-0.4, -0.2) is 46.6 Å². The molecule has 1 atom stereocenters. The standard InChI is InChI=1S/C14H18N2O3S/c17-13(18)6-7-15-14(19)16-8-9-20-10-12(16)11-4-2-1-3-5-11/h1-5,12H,6-10H2,(H,15,19)(H,17,18). The summed E-state index contributed by atoms with van der Waals surface area (Å²) in [5.41, 5.74) is 1.12. The third kappa shape index (κ3) is 3.90. The average Bonchev–Trinajstić information content (AvgIpc) is 2.47. The van der Waals surface area contributed by atoms with Crippen LogP contribution >= 0.6 is 11.8 Å². The van der Waals surface area contributed by atoms with Crippen LogP contribution in [-0.2, 0) is 4.79 Å². The van der Waals surface area contributed by atoms with E-state index in [-0.39, 0.29) is 25.0 Å². The molecule has 20 heavy (non-hydrogen) atoms. The minimum absolute atomic E-state index is 0.0513. The Balaban J connectivity index is 2.00. The van der Waals surface area contributed by atoms with E-state index in [0.717, 1.165) is 17.1 Å². The molecule has 6 heteroatoms. The molecule has 0 aliphatic carbocycles. The molecule has 2 rings (SSSR count). The van der Waals surface area contributed by atoms with Crippen molar-refractivity contribution >= 4 is 23.8 Å². The van der Waals surface area contributed by atoms with E-state index in [2.05, 4.69) is 5.32 Å². The highest BCUT2D eigenvalue weighted by Crippen LogP contribution is 2.29. The Morgan fingerprint density at radius 2 is 2.10 bits per heavy atom. The van der Waals surface area contributed by atoms with Gasteiger partial charge in [0.15, 0.2) is 0 Å². The third-order valence-corrected chi connectivity index (χ3v) is 4.21. The lowest BCUT2D eigenvalue weighted by atomic mass is 10.1. The summed E-state index contributed by atoms with van der Waals surface area (Å²) >= 11 is 1.83. The fraction of sp³-hybridized carbons (Fsp3) is 0.429. The zero-order valence-corrected chi connectivity index (χ0v) is 11.9. The Kier molecular flexibility index (Phi) is 5.29. The number of urea groups is 1. The highest BCUT2D eigenvalue weighted by Gasteiger charge is 2.27. The van der Waals surface area contributed by atoms with Gasteiger partial charge in [-0.3, -0.25) is 4.79 Å². The maximum atomic E-state index is 12.2. The second-order valence-electron chi connectivity index (χ2n) is 4.57. The number of amides is 2. The van der Waals surface area contributed by atoms with Crippen molar-refractivity contribution in [1.29, 1.82) is 0 Å². The fourth-order valence-corrected chi connectivity index (χ4v) is 3.26. The van der Waals surface area contributed by atoms with Crippen molar-refractivity contribution in [2.24, 2.45) is 0 Å². The predicted molar refractivity (Wildman–Crippen MR) is 78.9 cm³/mol. The lowest BCUT2D eigenvalue weighted by molar-refractivity contribution is -0.136. The fourth-order valence-electron chi connectivity index (χ4n) is 2.18. The second-order valence-corrected chi connectivity index (χ2v) is 5.72. The number of carbonyl (C=O) groups excluding carboxylic acids is 1. The molecule has 0 aromatic heterocycles. The topological polar surface area (TPSA) is 69.6 Å². The normalized spacial score (nSPS) is 18.6. The summed E-state index contributed by atoms with van der Waals surface area (Å²) in [6.07, 6.45) is -0.0513. The summed E-state index contributed by atoms with van der Waals surface area (Å²) in [4.78, 5) is 24.4. The number of rotatable bonds is 4. The van der Waals surface area contributed by atoms with E-state index >= 15 is 0 Å². The number of carboxylic acid groups (broad SMARTS) is 1. The van der Waals surface area contributed by atoms with Crippen molar-refractivity contribution in [1.82, 2.24) is 10.2 Å². The van der Waals surface area contributed by atoms with Gasteiger partial charge in [0, 0.05) is 24.6 Å². The first-order valence-electron chi connectivity index (χ1n) is 6.57. The Hall–Kier alpha value is -1.69. The molecule has 1 heterocycles. The second kappa shape index (κ2) is 7.19. The molecule has 5 nitrogen and oxygen atoms in total. The quantitative estimate of drug-likeness (QED) is 0.890. The molecule has 0 spiro atoms. The minimum atomic E-state index is -0.904. The Morgan fingerprint density at radius 1 is 1.35 bits per heavy atom. The van der Waals surface area contributed by atoms with E-state index in [1.54, 1.807) is 4.90 Å². The first kappa shape index (κ1) is 14.7. The number of carbonyl (C=O) groups is 2. The summed E-state index contributed by atoms with van der Waals surface area (Å²) in [6, 6.07) is 9.81.